The van der Waals surface area contributed by atoms with Gasteiger partial charge in [0.05, 0.1) is 0 Å². The summed E-state index contributed by atoms with van der Waals surface area (Å²) in [6.45, 7) is 0.921. The van der Waals surface area contributed by atoms with Crippen molar-refractivity contribution in [3.05, 3.63) is 41.5 Å². The van der Waals surface area contributed by atoms with Crippen LogP contribution >= 0.6 is 0 Å². The van der Waals surface area contributed by atoms with Crippen LogP contribution in [0.2, 0.25) is 0 Å². The average molecular weight is 267 g/mol. The molecule has 4 rings (SSSR count). The van der Waals surface area contributed by atoms with Crippen LogP contribution in [0.3, 0.4) is 0 Å². The van der Waals surface area contributed by atoms with Crippen LogP contribution in [0.15, 0.2) is 30.3 Å². The van der Waals surface area contributed by atoms with E-state index in [4.69, 9.17) is 0 Å². The molecule has 0 radical (unpaired) electrons. The number of allylic oxidation sites excluding steroid dienone is 1. The quantitative estimate of drug-likeness (QED) is 0.676. The molecule has 1 saturated carbocycles. The van der Waals surface area contributed by atoms with Gasteiger partial charge < -0.3 is 4.90 Å². The lowest BCUT2D eigenvalue weighted by molar-refractivity contribution is -0.135. The van der Waals surface area contributed by atoms with Crippen LogP contribution in [0.4, 0.5) is 0 Å². The second kappa shape index (κ2) is 4.30. The summed E-state index contributed by atoms with van der Waals surface area (Å²) in [7, 11) is 0. The molecule has 3 nitrogen and oxygen atoms in total. The van der Waals surface area contributed by atoms with Crippen LogP contribution in [0.25, 0.3) is 5.70 Å². The van der Waals surface area contributed by atoms with Crippen molar-refractivity contribution >= 4 is 17.3 Å². The van der Waals surface area contributed by atoms with Gasteiger partial charge in [-0.3, -0.25) is 9.59 Å². The van der Waals surface area contributed by atoms with E-state index in [0.29, 0.717) is 6.42 Å². The molecule has 1 aliphatic carbocycles. The third kappa shape index (κ3) is 1.59. The Hall–Kier alpha value is -1.90. The number of hydrogen-bond donors (Lipinski definition) is 0. The molecule has 2 aliphatic heterocycles. The zero-order chi connectivity index (χ0) is 13.7. The first-order valence-corrected chi connectivity index (χ1v) is 7.39. The largest absolute Gasteiger partial charge is 0.366 e. The van der Waals surface area contributed by atoms with Gasteiger partial charge in [0.1, 0.15) is 11.7 Å². The second-order valence-corrected chi connectivity index (χ2v) is 5.94. The zero-order valence-corrected chi connectivity index (χ0v) is 11.3. The van der Waals surface area contributed by atoms with E-state index in [1.54, 1.807) is 6.08 Å². The maximum Gasteiger partial charge on any atom is 0.170 e. The van der Waals surface area contributed by atoms with Crippen molar-refractivity contribution in [2.75, 3.05) is 6.54 Å². The van der Waals surface area contributed by atoms with Crippen molar-refractivity contribution in [1.82, 2.24) is 4.90 Å². The summed E-state index contributed by atoms with van der Waals surface area (Å²) in [6.07, 6.45) is 5.16. The summed E-state index contributed by atoms with van der Waals surface area (Å²) in [5.41, 5.74) is 3.51. The molecular formula is C17H17NO2. The minimum Gasteiger partial charge on any atom is -0.366 e. The Kier molecular flexibility index (Phi) is 2.56. The highest BCUT2D eigenvalue weighted by atomic mass is 16.2. The zero-order valence-electron chi connectivity index (χ0n) is 11.3. The van der Waals surface area contributed by atoms with Crippen molar-refractivity contribution in [3.63, 3.8) is 0 Å². The second-order valence-electron chi connectivity index (χ2n) is 5.94. The van der Waals surface area contributed by atoms with Crippen LogP contribution in [-0.4, -0.2) is 29.1 Å². The van der Waals surface area contributed by atoms with E-state index in [1.807, 2.05) is 12.1 Å². The number of fused-ring (bicyclic) bond motifs is 5. The van der Waals surface area contributed by atoms with Gasteiger partial charge in [0.25, 0.3) is 0 Å². The van der Waals surface area contributed by atoms with Crippen molar-refractivity contribution in [2.45, 2.75) is 31.7 Å². The summed E-state index contributed by atoms with van der Waals surface area (Å²) >= 11 is 0. The standard InChI is InChI=1S/C17H17NO2/c19-15-7-3-6-13-17(15)16(20)10-14-12-5-2-1-4-11(12)8-9-18(13)14/h1-2,4-5,10,13,17H,3,6-9H2. The minimum atomic E-state index is -0.405. The van der Waals surface area contributed by atoms with E-state index < -0.39 is 5.92 Å². The molecule has 1 aromatic rings. The topological polar surface area (TPSA) is 37.4 Å². The van der Waals surface area contributed by atoms with Crippen molar-refractivity contribution in [1.29, 1.82) is 0 Å². The fourth-order valence-corrected chi connectivity index (χ4v) is 3.94. The van der Waals surface area contributed by atoms with E-state index in [-0.39, 0.29) is 17.6 Å². The molecule has 2 unspecified atom stereocenters. The molecule has 2 heterocycles. The Morgan fingerprint density at radius 1 is 1.10 bits per heavy atom. The first kappa shape index (κ1) is 11.9. The minimum absolute atomic E-state index is 0.0163. The molecule has 3 heteroatoms. The van der Waals surface area contributed by atoms with Crippen LogP contribution in [0.1, 0.15) is 30.4 Å². The van der Waals surface area contributed by atoms with Crippen LogP contribution in [-0.2, 0) is 16.0 Å². The van der Waals surface area contributed by atoms with E-state index in [0.717, 1.165) is 31.5 Å². The Bertz CT molecular complexity index is 632. The Morgan fingerprint density at radius 2 is 1.95 bits per heavy atom. The summed E-state index contributed by atoms with van der Waals surface area (Å²) in [5, 5.41) is 0. The molecule has 102 valence electrons. The molecule has 0 N–H and O–H groups in total. The van der Waals surface area contributed by atoms with E-state index >= 15 is 0 Å². The average Bonchev–Trinajstić information content (AvgIpc) is 2.47. The van der Waals surface area contributed by atoms with Gasteiger partial charge in [0, 0.05) is 36.3 Å². The van der Waals surface area contributed by atoms with Gasteiger partial charge in [-0.15, -0.1) is 0 Å². The molecule has 0 amide bonds. The molecule has 0 bridgehead atoms. The SMILES string of the molecule is O=C1C=C2c3ccccc3CCN2C2CCCC(=O)C12. The van der Waals surface area contributed by atoms with Crippen molar-refractivity contribution in [3.8, 4) is 0 Å². The van der Waals surface area contributed by atoms with Gasteiger partial charge in [-0.05, 0) is 24.8 Å². The highest BCUT2D eigenvalue weighted by Gasteiger charge is 2.44. The Morgan fingerprint density at radius 3 is 2.85 bits per heavy atom. The van der Waals surface area contributed by atoms with Crippen LogP contribution in [0, 0.1) is 5.92 Å². The van der Waals surface area contributed by atoms with Crippen molar-refractivity contribution < 1.29 is 9.59 Å². The smallest absolute Gasteiger partial charge is 0.170 e. The van der Waals surface area contributed by atoms with Gasteiger partial charge in [-0.25, -0.2) is 0 Å². The van der Waals surface area contributed by atoms with Gasteiger partial charge >= 0.3 is 0 Å². The molecule has 1 fully saturated rings. The maximum absolute atomic E-state index is 12.4. The molecule has 3 aliphatic rings. The van der Waals surface area contributed by atoms with E-state index in [1.165, 1.54) is 11.1 Å². The summed E-state index contributed by atoms with van der Waals surface area (Å²) in [4.78, 5) is 26.8. The number of Topliss-reactive ketones (excluding diaryl/α,β-unsaturated/α-hetero) is 1. The van der Waals surface area contributed by atoms with Gasteiger partial charge in [-0.2, -0.15) is 0 Å². The molecule has 0 spiro atoms. The fourth-order valence-electron chi connectivity index (χ4n) is 3.94. The highest BCUT2D eigenvalue weighted by Crippen LogP contribution is 2.39. The van der Waals surface area contributed by atoms with Gasteiger partial charge in [0.15, 0.2) is 5.78 Å². The first-order chi connectivity index (χ1) is 9.75. The maximum atomic E-state index is 12.4. The molecule has 2 atom stereocenters. The number of ketones is 2. The Labute approximate surface area is 118 Å². The first-order valence-electron chi connectivity index (χ1n) is 7.39. The van der Waals surface area contributed by atoms with E-state index in [2.05, 4.69) is 17.0 Å². The normalized spacial score (nSPS) is 28.4. The monoisotopic (exact) mass is 267 g/mol. The summed E-state index contributed by atoms with van der Waals surface area (Å²) in [6, 6.07) is 8.39. The number of carbonyl (C=O) groups excluding carboxylic acids is 2. The number of carbonyl (C=O) groups is 2. The van der Waals surface area contributed by atoms with Crippen molar-refractivity contribution in [2.24, 2.45) is 5.92 Å². The summed E-state index contributed by atoms with van der Waals surface area (Å²) in [5.74, 6) is -0.249. The third-order valence-corrected chi connectivity index (χ3v) is 4.87. The number of hydrogen-bond acceptors (Lipinski definition) is 3. The summed E-state index contributed by atoms with van der Waals surface area (Å²) < 4.78 is 0. The van der Waals surface area contributed by atoms with Crippen LogP contribution < -0.4 is 0 Å². The number of rotatable bonds is 0. The Balaban J connectivity index is 1.83. The molecule has 0 aromatic heterocycles. The fraction of sp³-hybridized carbons (Fsp3) is 0.412. The van der Waals surface area contributed by atoms with Gasteiger partial charge in [-0.1, -0.05) is 24.3 Å². The highest BCUT2D eigenvalue weighted by molar-refractivity contribution is 6.12. The lowest BCUT2D eigenvalue weighted by atomic mass is 9.75. The van der Waals surface area contributed by atoms with E-state index in [9.17, 15) is 9.59 Å². The number of nitrogens with zero attached hydrogens (tertiary/aromatic N) is 1. The predicted octanol–water partition coefficient (Wildman–Crippen LogP) is 2.21. The molecule has 20 heavy (non-hydrogen) atoms. The third-order valence-electron chi connectivity index (χ3n) is 4.87. The van der Waals surface area contributed by atoms with Crippen LogP contribution in [0.5, 0.6) is 0 Å². The van der Waals surface area contributed by atoms with Gasteiger partial charge in [0.2, 0.25) is 0 Å². The lowest BCUT2D eigenvalue weighted by Gasteiger charge is -2.46. The molecule has 1 aromatic carbocycles. The number of benzene rings is 1. The molecular weight excluding hydrogens is 250 g/mol. The molecule has 0 saturated heterocycles. The predicted molar refractivity (Wildman–Crippen MR) is 76.0 cm³/mol. The lowest BCUT2D eigenvalue weighted by Crippen LogP contribution is -2.52.